The van der Waals surface area contributed by atoms with Crippen molar-refractivity contribution in [3.8, 4) is 10.6 Å². The van der Waals surface area contributed by atoms with E-state index in [2.05, 4.69) is 58.2 Å². The fourth-order valence-electron chi connectivity index (χ4n) is 3.30. The molecule has 2 amide bonds. The van der Waals surface area contributed by atoms with Crippen LogP contribution in [0.15, 0.2) is 53.9 Å². The smallest absolute Gasteiger partial charge is 0.317 e. The molecule has 0 radical (unpaired) electrons. The van der Waals surface area contributed by atoms with Crippen molar-refractivity contribution in [1.82, 2.24) is 15.2 Å². The summed E-state index contributed by atoms with van der Waals surface area (Å²) in [6, 6.07) is 14.7. The molecule has 1 aromatic carbocycles. The highest BCUT2D eigenvalue weighted by Gasteiger charge is 2.17. The molecule has 0 fully saturated rings. The van der Waals surface area contributed by atoms with Gasteiger partial charge in [-0.1, -0.05) is 36.4 Å². The summed E-state index contributed by atoms with van der Waals surface area (Å²) in [5.74, 6) is 0. The molecule has 4 nitrogen and oxygen atoms in total. The third-order valence-corrected chi connectivity index (χ3v) is 6.76. The predicted octanol–water partition coefficient (Wildman–Crippen LogP) is 5.22. The Morgan fingerprint density at radius 2 is 2.07 bits per heavy atom. The van der Waals surface area contributed by atoms with E-state index in [1.807, 2.05) is 17.9 Å². The van der Waals surface area contributed by atoms with Crippen molar-refractivity contribution in [2.75, 3.05) is 19.6 Å². The average molecular weight is 410 g/mol. The van der Waals surface area contributed by atoms with Gasteiger partial charge >= 0.3 is 6.03 Å². The lowest BCUT2D eigenvalue weighted by Gasteiger charge is -2.26. The van der Waals surface area contributed by atoms with Gasteiger partial charge < -0.3 is 10.2 Å². The second-order valence-corrected chi connectivity index (χ2v) is 9.02. The van der Waals surface area contributed by atoms with Gasteiger partial charge in [-0.3, -0.25) is 0 Å². The summed E-state index contributed by atoms with van der Waals surface area (Å²) in [4.78, 5) is 21.3. The van der Waals surface area contributed by atoms with E-state index in [1.165, 1.54) is 20.9 Å². The number of benzene rings is 1. The maximum absolute atomic E-state index is 12.4. The second kappa shape index (κ2) is 8.71. The number of carbonyl (C=O) groups is 1. The van der Waals surface area contributed by atoms with Gasteiger partial charge in [0.25, 0.3) is 0 Å². The van der Waals surface area contributed by atoms with E-state index in [0.29, 0.717) is 13.1 Å². The molecule has 0 saturated carbocycles. The number of nitrogens with one attached hydrogen (secondary N) is 1. The molecular formula is C22H23N3OS2. The maximum atomic E-state index is 12.4. The Labute approximate surface area is 173 Å². The molecule has 28 heavy (non-hydrogen) atoms. The highest BCUT2D eigenvalue weighted by Crippen LogP contribution is 2.29. The lowest BCUT2D eigenvalue weighted by Crippen LogP contribution is -2.42. The number of aryl methyl sites for hydroxylation is 1. The van der Waals surface area contributed by atoms with Crippen LogP contribution in [0, 0.1) is 6.92 Å². The second-order valence-electron chi connectivity index (χ2n) is 6.79. The zero-order chi connectivity index (χ0) is 19.3. The Kier molecular flexibility index (Phi) is 5.88. The fraction of sp³-hybridized carbons (Fsp3) is 0.273. The van der Waals surface area contributed by atoms with Crippen molar-refractivity contribution in [3.63, 3.8) is 0 Å². The molecule has 4 rings (SSSR count). The minimum atomic E-state index is 0.0234. The van der Waals surface area contributed by atoms with Crippen LogP contribution in [0.2, 0.25) is 0 Å². The van der Waals surface area contributed by atoms with Crippen LogP contribution >= 0.6 is 22.7 Å². The van der Waals surface area contributed by atoms with Crippen LogP contribution in [0.5, 0.6) is 0 Å². The zero-order valence-electron chi connectivity index (χ0n) is 15.9. The molecule has 1 aliphatic heterocycles. The van der Waals surface area contributed by atoms with Gasteiger partial charge in [-0.25, -0.2) is 9.78 Å². The van der Waals surface area contributed by atoms with Crippen molar-refractivity contribution >= 4 is 34.3 Å². The van der Waals surface area contributed by atoms with Crippen LogP contribution in [0.1, 0.15) is 21.9 Å². The number of amides is 2. The Bertz CT molecular complexity index is 975. The molecule has 144 valence electrons. The van der Waals surface area contributed by atoms with Crippen molar-refractivity contribution in [2.24, 2.45) is 0 Å². The van der Waals surface area contributed by atoms with Crippen molar-refractivity contribution in [1.29, 1.82) is 0 Å². The first-order valence-corrected chi connectivity index (χ1v) is 11.2. The molecule has 3 aromatic rings. The van der Waals surface area contributed by atoms with Crippen molar-refractivity contribution < 1.29 is 4.79 Å². The molecule has 0 spiro atoms. The van der Waals surface area contributed by atoms with Crippen LogP contribution in [0.3, 0.4) is 0 Å². The number of carbonyl (C=O) groups excluding carboxylic acids is 1. The van der Waals surface area contributed by atoms with E-state index < -0.39 is 0 Å². The minimum Gasteiger partial charge on any atom is -0.338 e. The standard InChI is InChI=1S/C22H23N3OS2/c1-16-24-20(15-27-16)21-8-7-19(28-21)9-12-23-22(26)25-13-10-18(11-14-25)17-5-3-2-4-6-17/h2-8,10,15H,9,11-14H2,1H3,(H,23,26). The van der Waals surface area contributed by atoms with Crippen LogP contribution < -0.4 is 5.32 Å². The number of thiophene rings is 1. The number of hydrogen-bond acceptors (Lipinski definition) is 4. The molecule has 0 unspecified atom stereocenters. The zero-order valence-corrected chi connectivity index (χ0v) is 17.5. The van der Waals surface area contributed by atoms with Gasteiger partial charge in [-0.05, 0) is 43.0 Å². The quantitative estimate of drug-likeness (QED) is 0.628. The van der Waals surface area contributed by atoms with Crippen LogP contribution in [0.25, 0.3) is 16.1 Å². The summed E-state index contributed by atoms with van der Waals surface area (Å²) in [5.41, 5.74) is 3.64. The fourth-order valence-corrected chi connectivity index (χ4v) is 4.95. The van der Waals surface area contributed by atoms with Crippen LogP contribution in [-0.4, -0.2) is 35.5 Å². The molecule has 1 N–H and O–H groups in total. The summed E-state index contributed by atoms with van der Waals surface area (Å²) >= 11 is 3.43. The van der Waals surface area contributed by atoms with Gasteiger partial charge in [0, 0.05) is 29.9 Å². The lowest BCUT2D eigenvalue weighted by atomic mass is 10.00. The third-order valence-electron chi connectivity index (χ3n) is 4.82. The number of nitrogens with zero attached hydrogens (tertiary/aromatic N) is 2. The van der Waals surface area contributed by atoms with Gasteiger partial charge in [0.05, 0.1) is 15.6 Å². The monoisotopic (exact) mass is 409 g/mol. The molecule has 0 bridgehead atoms. The van der Waals surface area contributed by atoms with Gasteiger partial charge in [-0.15, -0.1) is 22.7 Å². The SMILES string of the molecule is Cc1nc(-c2ccc(CCNC(=O)N3CC=C(c4ccccc4)CC3)s2)cs1. The van der Waals surface area contributed by atoms with Crippen molar-refractivity contribution in [2.45, 2.75) is 19.8 Å². The van der Waals surface area contributed by atoms with E-state index >= 15 is 0 Å². The number of urea groups is 1. The summed E-state index contributed by atoms with van der Waals surface area (Å²) < 4.78 is 0. The van der Waals surface area contributed by atoms with Crippen LogP contribution in [-0.2, 0) is 6.42 Å². The number of aromatic nitrogens is 1. The first kappa shape index (κ1) is 18.9. The largest absolute Gasteiger partial charge is 0.338 e. The van der Waals surface area contributed by atoms with E-state index in [1.54, 1.807) is 22.7 Å². The van der Waals surface area contributed by atoms with E-state index in [9.17, 15) is 4.79 Å². The van der Waals surface area contributed by atoms with Gasteiger partial charge in [0.1, 0.15) is 0 Å². The Balaban J connectivity index is 1.25. The highest BCUT2D eigenvalue weighted by molar-refractivity contribution is 7.16. The molecule has 3 heterocycles. The van der Waals surface area contributed by atoms with E-state index in [4.69, 9.17) is 0 Å². The number of thiazole rings is 1. The molecule has 0 saturated heterocycles. The molecule has 1 aliphatic rings. The first-order chi connectivity index (χ1) is 13.7. The summed E-state index contributed by atoms with van der Waals surface area (Å²) in [7, 11) is 0. The Morgan fingerprint density at radius 3 is 2.79 bits per heavy atom. The number of hydrogen-bond donors (Lipinski definition) is 1. The molecular weight excluding hydrogens is 386 g/mol. The lowest BCUT2D eigenvalue weighted by molar-refractivity contribution is 0.203. The van der Waals surface area contributed by atoms with Crippen LogP contribution in [0.4, 0.5) is 4.79 Å². The number of rotatable bonds is 5. The topological polar surface area (TPSA) is 45.2 Å². The van der Waals surface area contributed by atoms with E-state index in [-0.39, 0.29) is 6.03 Å². The minimum absolute atomic E-state index is 0.0234. The summed E-state index contributed by atoms with van der Waals surface area (Å²) in [6.07, 6.45) is 3.91. The Morgan fingerprint density at radius 1 is 1.21 bits per heavy atom. The normalized spacial score (nSPS) is 14.0. The van der Waals surface area contributed by atoms with E-state index in [0.717, 1.165) is 30.1 Å². The third kappa shape index (κ3) is 4.51. The van der Waals surface area contributed by atoms with Gasteiger partial charge in [0.2, 0.25) is 0 Å². The van der Waals surface area contributed by atoms with Gasteiger partial charge in [-0.2, -0.15) is 0 Å². The average Bonchev–Trinajstić information content (AvgIpc) is 3.38. The molecule has 2 aromatic heterocycles. The van der Waals surface area contributed by atoms with Crippen molar-refractivity contribution in [3.05, 3.63) is 69.4 Å². The Hall–Kier alpha value is -2.44. The molecule has 0 aliphatic carbocycles. The summed E-state index contributed by atoms with van der Waals surface area (Å²) in [5, 5.41) is 6.24. The summed E-state index contributed by atoms with van der Waals surface area (Å²) in [6.45, 7) is 4.11. The predicted molar refractivity (Wildman–Crippen MR) is 118 cm³/mol. The first-order valence-electron chi connectivity index (χ1n) is 9.47. The maximum Gasteiger partial charge on any atom is 0.317 e. The highest BCUT2D eigenvalue weighted by atomic mass is 32.1. The molecule has 6 heteroatoms. The van der Waals surface area contributed by atoms with Gasteiger partial charge in [0.15, 0.2) is 0 Å². The molecule has 0 atom stereocenters.